The maximum absolute atomic E-state index is 13.0. The molecule has 4 rings (SSSR count). The Morgan fingerprint density at radius 1 is 1.21 bits per heavy atom. The molecule has 1 N–H and O–H groups in total. The van der Waals surface area contributed by atoms with Gasteiger partial charge in [0.05, 0.1) is 17.1 Å². The minimum absolute atomic E-state index is 0.123. The molecule has 0 atom stereocenters. The molecular formula is C16H19N3O4S. The van der Waals surface area contributed by atoms with Crippen molar-refractivity contribution in [3.8, 4) is 5.75 Å². The smallest absolute Gasteiger partial charge is 0.243 e. The van der Waals surface area contributed by atoms with Gasteiger partial charge in [0, 0.05) is 33.1 Å². The lowest BCUT2D eigenvalue weighted by Crippen LogP contribution is -2.37. The van der Waals surface area contributed by atoms with E-state index in [0.717, 1.165) is 13.1 Å². The zero-order valence-corrected chi connectivity index (χ0v) is 14.2. The molecule has 1 amide bonds. The SMILES string of the molecule is CC(=O)N1CCOc2ccc(S(=O)(=O)N3CC4=C(CNC4)C3)cc21. The maximum Gasteiger partial charge on any atom is 0.243 e. The number of nitrogens with one attached hydrogen (secondary N) is 1. The minimum Gasteiger partial charge on any atom is -0.490 e. The van der Waals surface area contributed by atoms with Crippen LogP contribution in [0, 0.1) is 0 Å². The van der Waals surface area contributed by atoms with Crippen LogP contribution in [0.2, 0.25) is 0 Å². The van der Waals surface area contributed by atoms with Gasteiger partial charge in [-0.15, -0.1) is 0 Å². The molecule has 0 aliphatic carbocycles. The average Bonchev–Trinajstić information content (AvgIpc) is 3.15. The van der Waals surface area contributed by atoms with Crippen LogP contribution in [0.1, 0.15) is 6.92 Å². The van der Waals surface area contributed by atoms with Crippen molar-refractivity contribution >= 4 is 21.6 Å². The molecule has 3 aliphatic rings. The number of hydrogen-bond donors (Lipinski definition) is 1. The monoisotopic (exact) mass is 349 g/mol. The lowest BCUT2D eigenvalue weighted by molar-refractivity contribution is -0.116. The quantitative estimate of drug-likeness (QED) is 0.779. The summed E-state index contributed by atoms with van der Waals surface area (Å²) >= 11 is 0. The van der Waals surface area contributed by atoms with Gasteiger partial charge in [0.15, 0.2) is 0 Å². The summed E-state index contributed by atoms with van der Waals surface area (Å²) in [5.74, 6) is 0.420. The lowest BCUT2D eigenvalue weighted by Gasteiger charge is -2.29. The van der Waals surface area contributed by atoms with E-state index in [9.17, 15) is 13.2 Å². The molecular weight excluding hydrogens is 330 g/mol. The van der Waals surface area contributed by atoms with Gasteiger partial charge in [-0.2, -0.15) is 4.31 Å². The number of carbonyl (C=O) groups excluding carboxylic acids is 1. The van der Waals surface area contributed by atoms with Crippen molar-refractivity contribution in [1.82, 2.24) is 9.62 Å². The molecule has 0 aromatic heterocycles. The van der Waals surface area contributed by atoms with Crippen molar-refractivity contribution in [2.24, 2.45) is 0 Å². The van der Waals surface area contributed by atoms with Crippen LogP contribution in [-0.2, 0) is 14.8 Å². The molecule has 128 valence electrons. The van der Waals surface area contributed by atoms with E-state index < -0.39 is 10.0 Å². The van der Waals surface area contributed by atoms with Gasteiger partial charge < -0.3 is 15.0 Å². The topological polar surface area (TPSA) is 79.0 Å². The Hall–Kier alpha value is -1.90. The van der Waals surface area contributed by atoms with E-state index in [0.29, 0.717) is 37.7 Å². The van der Waals surface area contributed by atoms with Crippen molar-refractivity contribution in [2.45, 2.75) is 11.8 Å². The number of ether oxygens (including phenoxy) is 1. The number of fused-ring (bicyclic) bond motifs is 1. The number of hydrogen-bond acceptors (Lipinski definition) is 5. The Bertz CT molecular complexity index is 831. The van der Waals surface area contributed by atoms with Crippen molar-refractivity contribution in [1.29, 1.82) is 0 Å². The van der Waals surface area contributed by atoms with Gasteiger partial charge in [0.1, 0.15) is 12.4 Å². The minimum atomic E-state index is -3.59. The number of carbonyl (C=O) groups is 1. The summed E-state index contributed by atoms with van der Waals surface area (Å²) in [4.78, 5) is 13.6. The number of nitrogens with zero attached hydrogens (tertiary/aromatic N) is 2. The van der Waals surface area contributed by atoms with Crippen LogP contribution in [0.3, 0.4) is 0 Å². The first kappa shape index (κ1) is 15.6. The van der Waals surface area contributed by atoms with Crippen molar-refractivity contribution in [3.63, 3.8) is 0 Å². The second-order valence-electron chi connectivity index (χ2n) is 6.23. The fraction of sp³-hybridized carbons (Fsp3) is 0.438. The van der Waals surface area contributed by atoms with Crippen molar-refractivity contribution < 1.29 is 17.9 Å². The van der Waals surface area contributed by atoms with E-state index in [-0.39, 0.29) is 10.8 Å². The molecule has 0 fully saturated rings. The van der Waals surface area contributed by atoms with Crippen LogP contribution in [0.25, 0.3) is 0 Å². The van der Waals surface area contributed by atoms with Crippen LogP contribution in [-0.4, -0.2) is 58.0 Å². The normalized spacial score (nSPS) is 20.8. The molecule has 0 bridgehead atoms. The third-order valence-corrected chi connectivity index (χ3v) is 6.51. The van der Waals surface area contributed by atoms with E-state index in [1.165, 1.54) is 22.4 Å². The molecule has 0 saturated heterocycles. The Morgan fingerprint density at radius 3 is 2.58 bits per heavy atom. The van der Waals surface area contributed by atoms with Crippen molar-refractivity contribution in [3.05, 3.63) is 29.3 Å². The van der Waals surface area contributed by atoms with Gasteiger partial charge in [-0.25, -0.2) is 8.42 Å². The molecule has 0 saturated carbocycles. The molecule has 0 unspecified atom stereocenters. The first-order valence-corrected chi connectivity index (χ1v) is 9.36. The number of rotatable bonds is 2. The van der Waals surface area contributed by atoms with Gasteiger partial charge in [-0.3, -0.25) is 4.79 Å². The predicted molar refractivity (Wildman–Crippen MR) is 88.6 cm³/mol. The summed E-state index contributed by atoms with van der Waals surface area (Å²) < 4.78 is 33.0. The third kappa shape index (κ3) is 2.42. The van der Waals surface area contributed by atoms with Crippen LogP contribution < -0.4 is 15.0 Å². The highest BCUT2D eigenvalue weighted by molar-refractivity contribution is 7.89. The molecule has 1 aromatic carbocycles. The van der Waals surface area contributed by atoms with Crippen LogP contribution in [0.5, 0.6) is 5.75 Å². The Labute approximate surface area is 140 Å². The highest BCUT2D eigenvalue weighted by atomic mass is 32.2. The standard InChI is InChI=1S/C16H19N3O4S/c1-11(20)19-4-5-23-16-3-2-14(6-15(16)19)24(21,22)18-9-12-7-17-8-13(12)10-18/h2-3,6,17H,4-5,7-10H2,1H3. The fourth-order valence-corrected chi connectivity index (χ4v) is 4.89. The first-order valence-electron chi connectivity index (χ1n) is 7.92. The fourth-order valence-electron chi connectivity index (χ4n) is 3.44. The average molecular weight is 349 g/mol. The second kappa shape index (κ2) is 5.58. The van der Waals surface area contributed by atoms with Gasteiger partial charge in [0.2, 0.25) is 15.9 Å². The summed E-state index contributed by atoms with van der Waals surface area (Å²) in [7, 11) is -3.59. The number of benzene rings is 1. The molecule has 0 radical (unpaired) electrons. The molecule has 1 aromatic rings. The lowest BCUT2D eigenvalue weighted by atomic mass is 10.2. The van der Waals surface area contributed by atoms with E-state index in [1.54, 1.807) is 23.1 Å². The third-order valence-electron chi connectivity index (χ3n) is 4.72. The Balaban J connectivity index is 1.67. The van der Waals surface area contributed by atoms with Gasteiger partial charge >= 0.3 is 0 Å². The van der Waals surface area contributed by atoms with Crippen LogP contribution >= 0.6 is 0 Å². The predicted octanol–water partition coefficient (Wildman–Crippen LogP) is 0.336. The summed E-state index contributed by atoms with van der Waals surface area (Å²) in [6.07, 6.45) is 0. The molecule has 3 aliphatic heterocycles. The van der Waals surface area contributed by atoms with E-state index >= 15 is 0 Å². The zero-order valence-electron chi connectivity index (χ0n) is 13.4. The Kier molecular flexibility index (Phi) is 3.63. The highest BCUT2D eigenvalue weighted by Gasteiger charge is 2.34. The maximum atomic E-state index is 13.0. The van der Waals surface area contributed by atoms with E-state index in [2.05, 4.69) is 5.32 Å². The van der Waals surface area contributed by atoms with E-state index in [4.69, 9.17) is 4.74 Å². The summed E-state index contributed by atoms with van der Waals surface area (Å²) in [6.45, 7) is 4.71. The zero-order chi connectivity index (χ0) is 16.9. The number of amides is 1. The summed E-state index contributed by atoms with van der Waals surface area (Å²) in [5, 5.41) is 3.24. The largest absolute Gasteiger partial charge is 0.490 e. The van der Waals surface area contributed by atoms with Crippen LogP contribution in [0.15, 0.2) is 34.2 Å². The molecule has 7 nitrogen and oxygen atoms in total. The van der Waals surface area contributed by atoms with Gasteiger partial charge in [0.25, 0.3) is 0 Å². The summed E-state index contributed by atoms with van der Waals surface area (Å²) in [5.41, 5.74) is 2.87. The highest BCUT2D eigenvalue weighted by Crippen LogP contribution is 2.35. The van der Waals surface area contributed by atoms with E-state index in [1.807, 2.05) is 0 Å². The molecule has 24 heavy (non-hydrogen) atoms. The molecule has 3 heterocycles. The summed E-state index contributed by atoms with van der Waals surface area (Å²) in [6, 6.07) is 4.74. The van der Waals surface area contributed by atoms with Crippen molar-refractivity contribution in [2.75, 3.05) is 44.2 Å². The van der Waals surface area contributed by atoms with Gasteiger partial charge in [-0.05, 0) is 29.3 Å². The number of sulfonamides is 1. The first-order chi connectivity index (χ1) is 11.5. The van der Waals surface area contributed by atoms with Crippen LogP contribution in [0.4, 0.5) is 5.69 Å². The molecule has 8 heteroatoms. The van der Waals surface area contributed by atoms with Gasteiger partial charge in [-0.1, -0.05) is 0 Å². The second-order valence-corrected chi connectivity index (χ2v) is 8.17. The Morgan fingerprint density at radius 2 is 1.92 bits per heavy atom. The molecule has 0 spiro atoms. The number of anilines is 1.